The molecule has 2 aliphatic rings. The maximum atomic E-state index is 13.3. The molecule has 0 radical (unpaired) electrons. The summed E-state index contributed by atoms with van der Waals surface area (Å²) >= 11 is 0. The van der Waals surface area contributed by atoms with Crippen molar-refractivity contribution in [2.75, 3.05) is 52.5 Å². The Hall–Kier alpha value is -2.65. The SMILES string of the molecule is Cl.Cl.O=C(OCCCN1CCCCC1)c1ccc2oc3ccc(C(=O)OCCCN4CCCCC4)cc3c(=O)c2c1. The number of likely N-dealkylation sites (tertiary alicyclic amines) is 2. The molecule has 2 aliphatic heterocycles. The van der Waals surface area contributed by atoms with E-state index in [2.05, 4.69) is 9.80 Å². The number of ether oxygens (including phenoxy) is 2. The molecule has 2 fully saturated rings. The average molecular weight is 608 g/mol. The van der Waals surface area contributed by atoms with Gasteiger partial charge in [0.25, 0.3) is 0 Å². The molecule has 0 N–H and O–H groups in total. The summed E-state index contributed by atoms with van der Waals surface area (Å²) in [6.45, 7) is 6.96. The molecule has 0 saturated carbocycles. The summed E-state index contributed by atoms with van der Waals surface area (Å²) in [4.78, 5) is 43.4. The van der Waals surface area contributed by atoms with E-state index in [0.717, 1.165) is 52.1 Å². The zero-order valence-corrected chi connectivity index (χ0v) is 25.1. The molecule has 0 atom stereocenters. The molecule has 5 rings (SSSR count). The Labute approximate surface area is 253 Å². The summed E-state index contributed by atoms with van der Waals surface area (Å²) in [5.41, 5.74) is 1.06. The van der Waals surface area contributed by atoms with Gasteiger partial charge < -0.3 is 23.7 Å². The molecule has 10 heteroatoms. The zero-order valence-electron chi connectivity index (χ0n) is 23.4. The van der Waals surface area contributed by atoms with Crippen LogP contribution < -0.4 is 5.43 Å². The van der Waals surface area contributed by atoms with E-state index < -0.39 is 11.9 Å². The molecule has 0 unspecified atom stereocenters. The lowest BCUT2D eigenvalue weighted by Crippen LogP contribution is -2.31. The van der Waals surface area contributed by atoms with Crippen LogP contribution in [0.4, 0.5) is 0 Å². The highest BCUT2D eigenvalue weighted by molar-refractivity contribution is 5.99. The van der Waals surface area contributed by atoms with Gasteiger partial charge in [0.15, 0.2) is 0 Å². The van der Waals surface area contributed by atoms with Gasteiger partial charge in [-0.1, -0.05) is 12.8 Å². The van der Waals surface area contributed by atoms with Gasteiger partial charge in [-0.3, -0.25) is 4.79 Å². The second-order valence-corrected chi connectivity index (χ2v) is 10.6. The van der Waals surface area contributed by atoms with Crippen LogP contribution in [0.15, 0.2) is 45.6 Å². The van der Waals surface area contributed by atoms with Gasteiger partial charge in [0.05, 0.1) is 35.1 Å². The molecule has 2 saturated heterocycles. The fourth-order valence-corrected chi connectivity index (χ4v) is 5.55. The van der Waals surface area contributed by atoms with Crippen LogP contribution in [0.1, 0.15) is 72.1 Å². The van der Waals surface area contributed by atoms with Crippen molar-refractivity contribution in [3.8, 4) is 0 Å². The Bertz CT molecular complexity index is 1270. The first-order valence-electron chi connectivity index (χ1n) is 14.4. The third-order valence-corrected chi connectivity index (χ3v) is 7.74. The fraction of sp³-hybridized carbons (Fsp3) is 0.516. The van der Waals surface area contributed by atoms with Gasteiger partial charge >= 0.3 is 11.9 Å². The van der Waals surface area contributed by atoms with E-state index in [0.29, 0.717) is 35.5 Å². The maximum absolute atomic E-state index is 13.3. The molecule has 0 amide bonds. The van der Waals surface area contributed by atoms with Crippen LogP contribution in [-0.2, 0) is 9.47 Å². The van der Waals surface area contributed by atoms with Crippen molar-refractivity contribution in [3.05, 3.63) is 57.7 Å². The van der Waals surface area contributed by atoms with Crippen molar-refractivity contribution in [1.29, 1.82) is 0 Å². The molecule has 0 spiro atoms. The fourth-order valence-electron chi connectivity index (χ4n) is 5.55. The molecule has 3 heterocycles. The summed E-state index contributed by atoms with van der Waals surface area (Å²) in [6, 6.07) is 9.48. The van der Waals surface area contributed by atoms with E-state index in [1.807, 2.05) is 0 Å². The first-order valence-corrected chi connectivity index (χ1v) is 14.4. The van der Waals surface area contributed by atoms with Crippen molar-refractivity contribution < 1.29 is 23.5 Å². The number of esters is 2. The first-order chi connectivity index (χ1) is 19.1. The number of fused-ring (bicyclic) bond motifs is 2. The number of benzene rings is 2. The number of nitrogens with zero attached hydrogens (tertiary/aromatic N) is 2. The average Bonchev–Trinajstić information content (AvgIpc) is 2.98. The summed E-state index contributed by atoms with van der Waals surface area (Å²) in [5, 5.41) is 0.551. The van der Waals surface area contributed by atoms with Crippen molar-refractivity contribution in [2.24, 2.45) is 0 Å². The predicted octanol–water partition coefficient (Wildman–Crippen LogP) is 5.86. The van der Waals surface area contributed by atoms with Crippen LogP contribution in [0.5, 0.6) is 0 Å². The van der Waals surface area contributed by atoms with E-state index in [-0.39, 0.29) is 41.0 Å². The maximum Gasteiger partial charge on any atom is 0.338 e. The number of piperidine rings is 2. The van der Waals surface area contributed by atoms with Gasteiger partial charge in [0.1, 0.15) is 11.2 Å². The van der Waals surface area contributed by atoms with E-state index in [1.165, 1.54) is 50.7 Å². The minimum absolute atomic E-state index is 0. The van der Waals surface area contributed by atoms with Gasteiger partial charge in [-0.2, -0.15) is 0 Å². The summed E-state index contributed by atoms with van der Waals surface area (Å²) in [6.07, 6.45) is 9.07. The topological polar surface area (TPSA) is 89.3 Å². The molecule has 1 aromatic heterocycles. The van der Waals surface area contributed by atoms with Crippen LogP contribution >= 0.6 is 24.8 Å². The second-order valence-electron chi connectivity index (χ2n) is 10.6. The van der Waals surface area contributed by atoms with Crippen LogP contribution in [-0.4, -0.2) is 74.2 Å². The van der Waals surface area contributed by atoms with Crippen LogP contribution in [0, 0.1) is 0 Å². The van der Waals surface area contributed by atoms with Crippen LogP contribution in [0.2, 0.25) is 0 Å². The lowest BCUT2D eigenvalue weighted by molar-refractivity contribution is 0.0476. The van der Waals surface area contributed by atoms with Gasteiger partial charge in [-0.25, -0.2) is 9.59 Å². The van der Waals surface area contributed by atoms with E-state index in [1.54, 1.807) is 24.3 Å². The van der Waals surface area contributed by atoms with Gasteiger partial charge in [0, 0.05) is 13.1 Å². The third-order valence-electron chi connectivity index (χ3n) is 7.74. The van der Waals surface area contributed by atoms with E-state index in [9.17, 15) is 14.4 Å². The zero-order chi connectivity index (χ0) is 27.0. The van der Waals surface area contributed by atoms with Crippen molar-refractivity contribution in [2.45, 2.75) is 51.4 Å². The molecule has 224 valence electrons. The lowest BCUT2D eigenvalue weighted by atomic mass is 10.1. The monoisotopic (exact) mass is 606 g/mol. The number of hydrogen-bond acceptors (Lipinski definition) is 8. The minimum atomic E-state index is -0.461. The Morgan fingerprint density at radius 3 is 1.49 bits per heavy atom. The Kier molecular flexibility index (Phi) is 12.9. The van der Waals surface area contributed by atoms with E-state index >= 15 is 0 Å². The highest BCUT2D eigenvalue weighted by atomic mass is 35.5. The Balaban J connectivity index is 0.00000231. The second kappa shape index (κ2) is 16.1. The molecule has 8 nitrogen and oxygen atoms in total. The Morgan fingerprint density at radius 2 is 1.07 bits per heavy atom. The molecule has 2 aromatic carbocycles. The van der Waals surface area contributed by atoms with E-state index in [4.69, 9.17) is 13.9 Å². The van der Waals surface area contributed by atoms with Crippen molar-refractivity contribution >= 4 is 58.7 Å². The number of rotatable bonds is 10. The number of halogens is 2. The van der Waals surface area contributed by atoms with Gasteiger partial charge in [-0.05, 0) is 101 Å². The number of hydrogen-bond donors (Lipinski definition) is 0. The third kappa shape index (κ3) is 8.67. The summed E-state index contributed by atoms with van der Waals surface area (Å²) < 4.78 is 16.9. The quantitative estimate of drug-likeness (QED) is 0.161. The molecular weight excluding hydrogens is 567 g/mol. The molecule has 0 bridgehead atoms. The molecule has 41 heavy (non-hydrogen) atoms. The highest BCUT2D eigenvalue weighted by Gasteiger charge is 2.16. The van der Waals surface area contributed by atoms with Crippen LogP contribution in [0.25, 0.3) is 21.9 Å². The van der Waals surface area contributed by atoms with Crippen molar-refractivity contribution in [1.82, 2.24) is 9.80 Å². The predicted molar refractivity (Wildman–Crippen MR) is 165 cm³/mol. The van der Waals surface area contributed by atoms with Gasteiger partial charge in [-0.15, -0.1) is 24.8 Å². The Morgan fingerprint density at radius 1 is 0.659 bits per heavy atom. The first kappa shape index (κ1) is 32.9. The standard InChI is InChI=1S/C31H38N2O6.2ClH/c34-29-25-21-23(30(35)37-19-7-17-32-13-3-1-4-14-32)9-11-27(25)39-28-12-10-24(22-26(28)29)31(36)38-20-8-18-33-15-5-2-6-16-33;;/h9-12,21-22H,1-8,13-20H2;2*1H. The van der Waals surface area contributed by atoms with Crippen molar-refractivity contribution in [3.63, 3.8) is 0 Å². The minimum Gasteiger partial charge on any atom is -0.462 e. The normalized spacial score (nSPS) is 16.1. The van der Waals surface area contributed by atoms with Crippen LogP contribution in [0.3, 0.4) is 0 Å². The molecule has 0 aliphatic carbocycles. The summed E-state index contributed by atoms with van der Waals surface area (Å²) in [7, 11) is 0. The number of carbonyl (C=O) groups is 2. The highest BCUT2D eigenvalue weighted by Crippen LogP contribution is 2.22. The lowest BCUT2D eigenvalue weighted by Gasteiger charge is -2.26. The molecular formula is C31H40Cl2N2O6. The smallest absolute Gasteiger partial charge is 0.338 e. The summed E-state index contributed by atoms with van der Waals surface area (Å²) in [5.74, 6) is -0.922. The molecule has 3 aromatic rings. The van der Waals surface area contributed by atoms with Gasteiger partial charge in [0.2, 0.25) is 5.43 Å². The number of carbonyl (C=O) groups excluding carboxylic acids is 2. The largest absolute Gasteiger partial charge is 0.462 e.